The van der Waals surface area contributed by atoms with E-state index in [9.17, 15) is 9.59 Å². The highest BCUT2D eigenvalue weighted by molar-refractivity contribution is 7.07. The van der Waals surface area contributed by atoms with Crippen LogP contribution in [0.5, 0.6) is 17.2 Å². The first-order valence-corrected chi connectivity index (χ1v) is 14.1. The molecule has 9 heteroatoms. The van der Waals surface area contributed by atoms with E-state index in [-0.39, 0.29) is 5.56 Å². The maximum atomic E-state index is 13.9. The molecule has 0 spiro atoms. The van der Waals surface area contributed by atoms with Gasteiger partial charge in [-0.15, -0.1) is 0 Å². The standard InChI is InChI=1S/C32H30N2O6S/c1-18-9-8-12-23(19(18)2)39-17-21-15-20(13-14-24(21)37-4)16-26-29(35)34-28-22-10-6-7-11-25(22)40-32(3,33-31(34)41-26)27(28)30(36)38-5/h6-16,27-28H,17H2,1-5H3/b26-16+/t27-,28+,32-/m1/s1. The summed E-state index contributed by atoms with van der Waals surface area (Å²) in [5.74, 6) is 0.816. The number of esters is 1. The molecule has 0 unspecified atom stereocenters. The predicted octanol–water partition coefficient (Wildman–Crippen LogP) is 4.06. The van der Waals surface area contributed by atoms with Crippen LogP contribution in [0.25, 0.3) is 6.08 Å². The second kappa shape index (κ2) is 10.2. The minimum absolute atomic E-state index is 0.226. The summed E-state index contributed by atoms with van der Waals surface area (Å²) in [5.41, 5.74) is 3.23. The van der Waals surface area contributed by atoms with E-state index in [0.29, 0.717) is 27.4 Å². The van der Waals surface area contributed by atoms with E-state index in [0.717, 1.165) is 33.6 Å². The van der Waals surface area contributed by atoms with Gasteiger partial charge in [-0.25, -0.2) is 4.99 Å². The second-order valence-electron chi connectivity index (χ2n) is 10.4. The van der Waals surface area contributed by atoms with Crippen molar-refractivity contribution < 1.29 is 23.7 Å². The molecule has 0 radical (unpaired) electrons. The average molecular weight is 571 g/mol. The fourth-order valence-corrected chi connectivity index (χ4v) is 6.72. The molecule has 2 bridgehead atoms. The van der Waals surface area contributed by atoms with Crippen molar-refractivity contribution in [2.75, 3.05) is 14.2 Å². The van der Waals surface area contributed by atoms with Crippen molar-refractivity contribution in [3.8, 4) is 17.2 Å². The van der Waals surface area contributed by atoms with Gasteiger partial charge in [-0.1, -0.05) is 47.7 Å². The van der Waals surface area contributed by atoms with E-state index in [4.69, 9.17) is 23.9 Å². The van der Waals surface area contributed by atoms with E-state index >= 15 is 0 Å². The fraction of sp³-hybridized carbons (Fsp3) is 0.281. The molecule has 1 aromatic heterocycles. The Morgan fingerprint density at radius 2 is 1.90 bits per heavy atom. The van der Waals surface area contributed by atoms with Gasteiger partial charge in [-0.05, 0) is 67.8 Å². The zero-order chi connectivity index (χ0) is 28.9. The summed E-state index contributed by atoms with van der Waals surface area (Å²) >= 11 is 1.27. The number of ether oxygens (including phenoxy) is 4. The Morgan fingerprint density at radius 1 is 1.10 bits per heavy atom. The number of carbonyl (C=O) groups is 1. The SMILES string of the molecule is COC(=O)[C@H]1[C@@H]2c3ccccc3O[C@@]1(C)N=c1s/c(=C/c3ccc(OC)c(COc4cccc(C)c4C)c3)c(=O)n12. The number of carbonyl (C=O) groups excluding carboxylic acids is 1. The van der Waals surface area contributed by atoms with Crippen molar-refractivity contribution in [1.82, 2.24) is 4.57 Å². The first-order valence-electron chi connectivity index (χ1n) is 13.3. The molecule has 8 nitrogen and oxygen atoms in total. The van der Waals surface area contributed by atoms with Crippen LogP contribution in [0.4, 0.5) is 0 Å². The van der Waals surface area contributed by atoms with Crippen LogP contribution in [0, 0.1) is 19.8 Å². The van der Waals surface area contributed by atoms with Crippen LogP contribution in [0.15, 0.2) is 70.5 Å². The van der Waals surface area contributed by atoms with E-state index in [1.54, 1.807) is 18.6 Å². The first kappa shape index (κ1) is 26.8. The number of aromatic nitrogens is 1. The van der Waals surface area contributed by atoms with Gasteiger partial charge >= 0.3 is 5.97 Å². The summed E-state index contributed by atoms with van der Waals surface area (Å²) in [6.07, 6.45) is 1.83. The highest BCUT2D eigenvalue weighted by Crippen LogP contribution is 2.47. The normalized spacial score (nSPS) is 20.8. The molecule has 0 aliphatic carbocycles. The monoisotopic (exact) mass is 570 g/mol. The summed E-state index contributed by atoms with van der Waals surface area (Å²) in [6, 6.07) is 18.5. The van der Waals surface area contributed by atoms with Gasteiger partial charge in [0.1, 0.15) is 29.8 Å². The van der Waals surface area contributed by atoms with Crippen molar-refractivity contribution in [3.63, 3.8) is 0 Å². The van der Waals surface area contributed by atoms with Crippen LogP contribution >= 0.6 is 11.3 Å². The molecule has 0 amide bonds. The van der Waals surface area contributed by atoms with E-state index < -0.39 is 23.7 Å². The molecule has 2 aliphatic rings. The number of rotatable bonds is 6. The zero-order valence-corrected chi connectivity index (χ0v) is 24.3. The topological polar surface area (TPSA) is 88.4 Å². The summed E-state index contributed by atoms with van der Waals surface area (Å²) in [5, 5.41) is 0. The van der Waals surface area contributed by atoms with Crippen LogP contribution in [-0.2, 0) is 16.1 Å². The van der Waals surface area contributed by atoms with Crippen molar-refractivity contribution in [1.29, 1.82) is 0 Å². The van der Waals surface area contributed by atoms with Crippen molar-refractivity contribution in [2.24, 2.45) is 10.9 Å². The highest BCUT2D eigenvalue weighted by Gasteiger charge is 2.55. The molecule has 3 aromatic carbocycles. The van der Waals surface area contributed by atoms with Crippen molar-refractivity contribution >= 4 is 23.4 Å². The quantitative estimate of drug-likeness (QED) is 0.325. The molecule has 41 heavy (non-hydrogen) atoms. The Kier molecular flexibility index (Phi) is 6.69. The Bertz CT molecular complexity index is 1860. The van der Waals surface area contributed by atoms with Gasteiger partial charge in [0.15, 0.2) is 4.80 Å². The summed E-state index contributed by atoms with van der Waals surface area (Å²) in [7, 11) is 2.96. The smallest absolute Gasteiger partial charge is 0.317 e. The van der Waals surface area contributed by atoms with Crippen molar-refractivity contribution in [3.05, 3.63) is 108 Å². The third kappa shape index (κ3) is 4.50. The van der Waals surface area contributed by atoms with Gasteiger partial charge in [0.05, 0.1) is 24.8 Å². The molecule has 0 saturated carbocycles. The zero-order valence-electron chi connectivity index (χ0n) is 23.5. The molecule has 0 N–H and O–H groups in total. The minimum atomic E-state index is -1.21. The molecular weight excluding hydrogens is 540 g/mol. The van der Waals surface area contributed by atoms with Gasteiger partial charge in [0, 0.05) is 11.1 Å². The predicted molar refractivity (Wildman–Crippen MR) is 155 cm³/mol. The average Bonchev–Trinajstić information content (AvgIpc) is 3.25. The number of methoxy groups -OCH3 is 2. The summed E-state index contributed by atoms with van der Waals surface area (Å²) < 4.78 is 25.2. The molecule has 2 aliphatic heterocycles. The van der Waals surface area contributed by atoms with Gasteiger partial charge in [-0.3, -0.25) is 14.2 Å². The number of nitrogens with zero attached hydrogens (tertiary/aromatic N) is 2. The molecule has 0 fully saturated rings. The van der Waals surface area contributed by atoms with Crippen LogP contribution < -0.4 is 29.1 Å². The van der Waals surface area contributed by atoms with Crippen molar-refractivity contribution in [2.45, 2.75) is 39.1 Å². The fourth-order valence-electron chi connectivity index (χ4n) is 5.62. The molecular formula is C32H30N2O6S. The number of hydrogen-bond donors (Lipinski definition) is 0. The van der Waals surface area contributed by atoms with Gasteiger partial charge in [0.2, 0.25) is 5.72 Å². The van der Waals surface area contributed by atoms with Crippen LogP contribution in [0.2, 0.25) is 0 Å². The van der Waals surface area contributed by atoms with Crippen LogP contribution in [-0.4, -0.2) is 30.5 Å². The molecule has 0 saturated heterocycles. The lowest BCUT2D eigenvalue weighted by Gasteiger charge is -2.44. The highest BCUT2D eigenvalue weighted by atomic mass is 32.1. The lowest BCUT2D eigenvalue weighted by atomic mass is 9.81. The number of aryl methyl sites for hydroxylation is 1. The third-order valence-corrected chi connectivity index (χ3v) is 8.86. The van der Waals surface area contributed by atoms with Gasteiger partial charge in [0.25, 0.3) is 5.56 Å². The Balaban J connectivity index is 1.43. The number of thiazole rings is 1. The summed E-state index contributed by atoms with van der Waals surface area (Å²) in [6.45, 7) is 6.16. The van der Waals surface area contributed by atoms with Crippen LogP contribution in [0.1, 0.15) is 40.8 Å². The lowest BCUT2D eigenvalue weighted by molar-refractivity contribution is -0.158. The number of fused-ring (bicyclic) bond motifs is 6. The number of benzene rings is 3. The second-order valence-corrected chi connectivity index (χ2v) is 11.4. The largest absolute Gasteiger partial charge is 0.496 e. The first-order chi connectivity index (χ1) is 19.7. The third-order valence-electron chi connectivity index (χ3n) is 7.88. The summed E-state index contributed by atoms with van der Waals surface area (Å²) in [4.78, 5) is 32.2. The van der Waals surface area contributed by atoms with E-state index in [1.807, 2.05) is 67.6 Å². The number of hydrogen-bond acceptors (Lipinski definition) is 8. The van der Waals surface area contributed by atoms with Gasteiger partial charge in [-0.2, -0.15) is 0 Å². The molecule has 3 atom stereocenters. The molecule has 3 heterocycles. The lowest BCUT2D eigenvalue weighted by Crippen LogP contribution is -2.58. The van der Waals surface area contributed by atoms with E-state index in [2.05, 4.69) is 13.0 Å². The Morgan fingerprint density at radius 3 is 2.68 bits per heavy atom. The minimum Gasteiger partial charge on any atom is -0.496 e. The maximum absolute atomic E-state index is 13.9. The number of para-hydroxylation sites is 1. The molecule has 210 valence electrons. The Labute approximate surface area is 241 Å². The Hall–Kier alpha value is -4.37. The van der Waals surface area contributed by atoms with Gasteiger partial charge < -0.3 is 18.9 Å². The molecule has 4 aromatic rings. The van der Waals surface area contributed by atoms with Crippen LogP contribution in [0.3, 0.4) is 0 Å². The maximum Gasteiger partial charge on any atom is 0.317 e. The molecule has 6 rings (SSSR count). The van der Waals surface area contributed by atoms with E-state index in [1.165, 1.54) is 18.4 Å².